The Hall–Kier alpha value is -3.39. The Bertz CT molecular complexity index is 1240. The van der Waals surface area contributed by atoms with Crippen LogP contribution in [0.2, 0.25) is 0 Å². The van der Waals surface area contributed by atoms with Gasteiger partial charge in [0.1, 0.15) is 17.3 Å². The monoisotopic (exact) mass is 410 g/mol. The molecule has 0 aliphatic heterocycles. The average Bonchev–Trinajstić information content (AvgIpc) is 3.37. The number of rotatable bonds is 6. The lowest BCUT2D eigenvalue weighted by Gasteiger charge is -2.03. The van der Waals surface area contributed by atoms with Gasteiger partial charge in [-0.1, -0.05) is 35.0 Å². The second-order valence-electron chi connectivity index (χ2n) is 6.49. The number of benzene rings is 2. The van der Waals surface area contributed by atoms with Crippen LogP contribution in [0, 0.1) is 6.92 Å². The number of aromatic nitrogens is 2. The molecule has 2 aromatic heterocycles. The van der Waals surface area contributed by atoms with E-state index in [1.807, 2.05) is 25.1 Å². The van der Waals surface area contributed by atoms with Crippen LogP contribution < -0.4 is 4.74 Å². The van der Waals surface area contributed by atoms with Crippen LogP contribution in [0.15, 0.2) is 74.5 Å². The zero-order valence-electron chi connectivity index (χ0n) is 15.8. The normalized spacial score (nSPS) is 11.5. The second kappa shape index (κ2) is 7.56. The third kappa shape index (κ3) is 4.07. The molecule has 0 fully saturated rings. The summed E-state index contributed by atoms with van der Waals surface area (Å²) in [4.78, 5) is 4.58. The number of ether oxygens (including phenoxy) is 1. The van der Waals surface area contributed by atoms with Crippen molar-refractivity contribution in [3.63, 3.8) is 0 Å². The van der Waals surface area contributed by atoms with Gasteiger partial charge in [0.05, 0.1) is 12.0 Å². The molecule has 0 atom stereocenters. The van der Waals surface area contributed by atoms with Gasteiger partial charge >= 0.3 is 0 Å². The fraction of sp³-hybridized carbons (Fsp3) is 0.143. The molecule has 0 saturated carbocycles. The third-order valence-corrected chi connectivity index (χ3v) is 5.99. The number of hydrogen-bond acceptors (Lipinski definition) is 7. The third-order valence-electron chi connectivity index (χ3n) is 4.34. The maximum absolute atomic E-state index is 12.6. The van der Waals surface area contributed by atoms with Gasteiger partial charge in [-0.2, -0.15) is 4.98 Å². The second-order valence-corrected chi connectivity index (χ2v) is 8.48. The maximum atomic E-state index is 12.6. The average molecular weight is 410 g/mol. The van der Waals surface area contributed by atoms with Crippen molar-refractivity contribution in [1.82, 2.24) is 10.1 Å². The van der Waals surface area contributed by atoms with Crippen molar-refractivity contribution in [2.24, 2.45) is 0 Å². The molecule has 0 aliphatic rings. The fourth-order valence-electron chi connectivity index (χ4n) is 2.79. The Labute approximate surface area is 167 Å². The largest absolute Gasteiger partial charge is 0.497 e. The lowest BCUT2D eigenvalue weighted by atomic mass is 10.2. The highest BCUT2D eigenvalue weighted by atomic mass is 32.2. The summed E-state index contributed by atoms with van der Waals surface area (Å²) < 4.78 is 41.3. The Morgan fingerprint density at radius 1 is 1.03 bits per heavy atom. The van der Waals surface area contributed by atoms with Gasteiger partial charge in [-0.15, -0.1) is 0 Å². The minimum Gasteiger partial charge on any atom is -0.497 e. The van der Waals surface area contributed by atoms with Gasteiger partial charge in [0, 0.05) is 5.56 Å². The molecule has 8 heteroatoms. The summed E-state index contributed by atoms with van der Waals surface area (Å²) >= 11 is 0. The Balaban J connectivity index is 1.55. The van der Waals surface area contributed by atoms with Gasteiger partial charge in [0.25, 0.3) is 5.89 Å². The van der Waals surface area contributed by atoms with Crippen LogP contribution >= 0.6 is 0 Å². The minimum absolute atomic E-state index is 0.168. The van der Waals surface area contributed by atoms with E-state index in [-0.39, 0.29) is 16.5 Å². The lowest BCUT2D eigenvalue weighted by Crippen LogP contribution is -2.04. The topological polar surface area (TPSA) is 95.4 Å². The molecule has 0 unspecified atom stereocenters. The maximum Gasteiger partial charge on any atom is 0.293 e. The molecule has 4 aromatic rings. The SMILES string of the molecule is COc1cccc(-c2noc(-c3ccc(CS(=O)(=O)c4ccc(C)cc4)o3)n2)c1. The molecule has 4 rings (SSSR count). The highest BCUT2D eigenvalue weighted by Crippen LogP contribution is 2.27. The van der Waals surface area contributed by atoms with Crippen LogP contribution in [0.3, 0.4) is 0 Å². The number of methoxy groups -OCH3 is 1. The lowest BCUT2D eigenvalue weighted by molar-refractivity contribution is 0.412. The Morgan fingerprint density at radius 2 is 1.83 bits per heavy atom. The Morgan fingerprint density at radius 3 is 2.59 bits per heavy atom. The van der Waals surface area contributed by atoms with Crippen LogP contribution in [0.1, 0.15) is 11.3 Å². The molecule has 0 spiro atoms. The molecular weight excluding hydrogens is 392 g/mol. The van der Waals surface area contributed by atoms with Crippen molar-refractivity contribution in [2.75, 3.05) is 7.11 Å². The summed E-state index contributed by atoms with van der Waals surface area (Å²) in [6.07, 6.45) is 0. The highest BCUT2D eigenvalue weighted by Gasteiger charge is 2.20. The van der Waals surface area contributed by atoms with E-state index in [1.54, 1.807) is 49.6 Å². The molecule has 2 aromatic carbocycles. The predicted octanol–water partition coefficient (Wildman–Crippen LogP) is 4.29. The fourth-order valence-corrected chi connectivity index (χ4v) is 4.04. The number of aryl methyl sites for hydroxylation is 1. The summed E-state index contributed by atoms with van der Waals surface area (Å²) in [5.41, 5.74) is 1.72. The first-order valence-corrected chi connectivity index (χ1v) is 10.5. The first-order valence-electron chi connectivity index (χ1n) is 8.81. The zero-order valence-corrected chi connectivity index (χ0v) is 16.6. The van der Waals surface area contributed by atoms with Crippen molar-refractivity contribution in [3.05, 3.63) is 72.0 Å². The van der Waals surface area contributed by atoms with E-state index in [0.717, 1.165) is 11.1 Å². The van der Waals surface area contributed by atoms with Crippen LogP contribution in [0.4, 0.5) is 0 Å². The molecule has 0 radical (unpaired) electrons. The van der Waals surface area contributed by atoms with Crippen molar-refractivity contribution < 1.29 is 22.1 Å². The molecule has 7 nitrogen and oxygen atoms in total. The molecule has 0 amide bonds. The number of furan rings is 1. The Kier molecular flexibility index (Phi) is 4.94. The van der Waals surface area contributed by atoms with Gasteiger partial charge < -0.3 is 13.7 Å². The molecule has 0 aliphatic carbocycles. The first-order chi connectivity index (χ1) is 13.9. The van der Waals surface area contributed by atoms with E-state index in [9.17, 15) is 8.42 Å². The van der Waals surface area contributed by atoms with E-state index in [2.05, 4.69) is 10.1 Å². The molecular formula is C21H18N2O5S. The molecule has 148 valence electrons. The van der Waals surface area contributed by atoms with Crippen LogP contribution in [0.25, 0.3) is 23.0 Å². The minimum atomic E-state index is -3.52. The van der Waals surface area contributed by atoms with Gasteiger partial charge in [-0.3, -0.25) is 0 Å². The molecule has 29 heavy (non-hydrogen) atoms. The predicted molar refractivity (Wildman–Crippen MR) is 106 cm³/mol. The van der Waals surface area contributed by atoms with Gasteiger partial charge in [0.2, 0.25) is 5.82 Å². The molecule has 0 saturated heterocycles. The number of sulfone groups is 1. The van der Waals surface area contributed by atoms with E-state index in [0.29, 0.717) is 23.1 Å². The van der Waals surface area contributed by atoms with Gasteiger partial charge in [-0.25, -0.2) is 8.42 Å². The van der Waals surface area contributed by atoms with Crippen LogP contribution in [0.5, 0.6) is 5.75 Å². The van der Waals surface area contributed by atoms with Crippen molar-refractivity contribution >= 4 is 9.84 Å². The standard InChI is InChI=1S/C21H18N2O5S/c1-14-6-9-18(10-7-14)29(24,25)13-17-8-11-19(27-17)21-22-20(23-28-21)15-4-3-5-16(12-15)26-2/h3-12H,13H2,1-2H3. The molecule has 0 bridgehead atoms. The molecule has 0 N–H and O–H groups in total. The first kappa shape index (κ1) is 18.9. The summed E-state index contributed by atoms with van der Waals surface area (Å²) in [6, 6.07) is 17.2. The summed E-state index contributed by atoms with van der Waals surface area (Å²) in [5, 5.41) is 3.96. The highest BCUT2D eigenvalue weighted by molar-refractivity contribution is 7.90. The number of nitrogens with zero attached hydrogens (tertiary/aromatic N) is 2. The van der Waals surface area contributed by atoms with Crippen molar-refractivity contribution in [1.29, 1.82) is 0 Å². The van der Waals surface area contributed by atoms with Gasteiger partial charge in [-0.05, 0) is 43.3 Å². The van der Waals surface area contributed by atoms with Crippen molar-refractivity contribution in [2.45, 2.75) is 17.6 Å². The quantitative estimate of drug-likeness (QED) is 0.468. The van der Waals surface area contributed by atoms with E-state index >= 15 is 0 Å². The molecule has 2 heterocycles. The van der Waals surface area contributed by atoms with E-state index in [4.69, 9.17) is 13.7 Å². The van der Waals surface area contributed by atoms with Crippen LogP contribution in [-0.2, 0) is 15.6 Å². The summed E-state index contributed by atoms with van der Waals surface area (Å²) in [6.45, 7) is 1.90. The zero-order chi connectivity index (χ0) is 20.4. The summed E-state index contributed by atoms with van der Waals surface area (Å²) in [7, 11) is -1.94. The van der Waals surface area contributed by atoms with Crippen molar-refractivity contribution in [3.8, 4) is 28.8 Å². The smallest absolute Gasteiger partial charge is 0.293 e. The summed E-state index contributed by atoms with van der Waals surface area (Å²) in [5.74, 6) is 1.57. The van der Waals surface area contributed by atoms with E-state index in [1.165, 1.54) is 0 Å². The van der Waals surface area contributed by atoms with Gasteiger partial charge in [0.15, 0.2) is 15.6 Å². The van der Waals surface area contributed by atoms with Crippen LogP contribution in [-0.4, -0.2) is 25.7 Å². The van der Waals surface area contributed by atoms with E-state index < -0.39 is 9.84 Å². The number of hydrogen-bond donors (Lipinski definition) is 0.